The largest absolute Gasteiger partial charge is 0.497 e. The molecule has 2 amide bonds. The number of carbonyl (C=O) groups excluding carboxylic acids is 3. The summed E-state index contributed by atoms with van der Waals surface area (Å²) in [6, 6.07) is 5.29. The van der Waals surface area contributed by atoms with Gasteiger partial charge < -0.3 is 29.5 Å². The molecule has 3 saturated heterocycles. The van der Waals surface area contributed by atoms with Gasteiger partial charge in [0.15, 0.2) is 0 Å². The van der Waals surface area contributed by atoms with Crippen LogP contribution in [0, 0.1) is 23.7 Å². The third kappa shape index (κ3) is 3.71. The first-order valence-corrected chi connectivity index (χ1v) is 12.3. The molecule has 0 radical (unpaired) electrons. The third-order valence-corrected chi connectivity index (χ3v) is 8.21. The van der Waals surface area contributed by atoms with E-state index in [0.717, 1.165) is 0 Å². The number of nitrogens with one attached hydrogen (secondary N) is 1. The Morgan fingerprint density at radius 3 is 2.49 bits per heavy atom. The van der Waals surface area contributed by atoms with Gasteiger partial charge in [-0.25, -0.2) is 0 Å². The van der Waals surface area contributed by atoms with E-state index in [0.29, 0.717) is 17.9 Å². The minimum Gasteiger partial charge on any atom is -0.497 e. The molecule has 7 atom stereocenters. The Bertz CT molecular complexity index is 996. The number of ether oxygens (including phenoxy) is 3. The molecule has 1 aromatic rings. The summed E-state index contributed by atoms with van der Waals surface area (Å²) in [4.78, 5) is 42.5. The zero-order valence-corrected chi connectivity index (χ0v) is 21.2. The maximum atomic E-state index is 14.0. The van der Waals surface area contributed by atoms with Crippen molar-refractivity contribution in [1.82, 2.24) is 4.90 Å². The van der Waals surface area contributed by atoms with Crippen LogP contribution in [0.15, 0.2) is 24.3 Å². The Balaban J connectivity index is 1.79. The maximum Gasteiger partial charge on any atom is 0.312 e. The number of benzene rings is 1. The van der Waals surface area contributed by atoms with Gasteiger partial charge in [0.1, 0.15) is 23.3 Å². The van der Waals surface area contributed by atoms with Gasteiger partial charge in [0, 0.05) is 5.69 Å². The van der Waals surface area contributed by atoms with E-state index in [1.54, 1.807) is 38.3 Å². The number of nitrogens with zero attached hydrogens (tertiary/aromatic N) is 1. The zero-order chi connectivity index (χ0) is 25.7. The van der Waals surface area contributed by atoms with Crippen LogP contribution in [0.2, 0.25) is 0 Å². The van der Waals surface area contributed by atoms with Gasteiger partial charge in [0.25, 0.3) is 0 Å². The molecule has 0 saturated carbocycles. The maximum absolute atomic E-state index is 14.0. The highest BCUT2D eigenvalue weighted by Gasteiger charge is 2.80. The highest BCUT2D eigenvalue weighted by Crippen LogP contribution is 2.65. The van der Waals surface area contributed by atoms with Gasteiger partial charge in [0.05, 0.1) is 37.9 Å². The number of anilines is 1. The minimum atomic E-state index is -1.19. The Morgan fingerprint density at radius 2 is 1.94 bits per heavy atom. The number of amides is 2. The fourth-order valence-electron chi connectivity index (χ4n) is 6.43. The highest BCUT2D eigenvalue weighted by atomic mass is 16.6. The molecule has 192 valence electrons. The molecule has 2 bridgehead atoms. The summed E-state index contributed by atoms with van der Waals surface area (Å²) < 4.78 is 17.2. The van der Waals surface area contributed by atoms with Crippen LogP contribution >= 0.6 is 0 Å². The lowest BCUT2D eigenvalue weighted by atomic mass is 9.62. The molecule has 3 fully saturated rings. The zero-order valence-electron chi connectivity index (χ0n) is 21.2. The summed E-state index contributed by atoms with van der Waals surface area (Å²) in [5.41, 5.74) is -1.58. The smallest absolute Gasteiger partial charge is 0.312 e. The van der Waals surface area contributed by atoms with Gasteiger partial charge in [-0.05, 0) is 56.4 Å². The molecule has 1 spiro atoms. The average molecular weight is 489 g/mol. The molecule has 3 aliphatic heterocycles. The van der Waals surface area contributed by atoms with E-state index in [-0.39, 0.29) is 31.0 Å². The van der Waals surface area contributed by atoms with Gasteiger partial charge in [-0.3, -0.25) is 14.4 Å². The van der Waals surface area contributed by atoms with E-state index in [2.05, 4.69) is 5.32 Å². The van der Waals surface area contributed by atoms with Crippen LogP contribution in [-0.4, -0.2) is 71.4 Å². The fraction of sp³-hybridized carbons (Fsp3) is 0.654. The summed E-state index contributed by atoms with van der Waals surface area (Å²) in [7, 11) is 1.56. The predicted molar refractivity (Wildman–Crippen MR) is 128 cm³/mol. The van der Waals surface area contributed by atoms with Gasteiger partial charge in [-0.15, -0.1) is 0 Å². The Morgan fingerprint density at radius 1 is 1.29 bits per heavy atom. The number of hydrogen-bond donors (Lipinski definition) is 2. The topological polar surface area (TPSA) is 114 Å². The Hall–Kier alpha value is -2.65. The van der Waals surface area contributed by atoms with E-state index in [1.165, 1.54) is 4.90 Å². The lowest BCUT2D eigenvalue weighted by Crippen LogP contribution is -2.57. The fourth-order valence-corrected chi connectivity index (χ4v) is 6.43. The van der Waals surface area contributed by atoms with Crippen LogP contribution in [0.5, 0.6) is 5.75 Å². The molecule has 9 nitrogen and oxygen atoms in total. The summed E-state index contributed by atoms with van der Waals surface area (Å²) in [6.07, 6.45) is 0.448. The number of aliphatic hydroxyl groups excluding tert-OH is 1. The molecule has 3 heterocycles. The second-order valence-electron chi connectivity index (χ2n) is 10.4. The Kier molecular flexibility index (Phi) is 6.61. The second kappa shape index (κ2) is 9.09. The first kappa shape index (κ1) is 25.4. The van der Waals surface area contributed by atoms with Crippen LogP contribution < -0.4 is 10.1 Å². The number of aliphatic hydroxyl groups is 1. The van der Waals surface area contributed by atoms with E-state index < -0.39 is 47.0 Å². The molecule has 0 aromatic heterocycles. The molecule has 4 rings (SSSR count). The summed E-state index contributed by atoms with van der Waals surface area (Å²) in [5.74, 6) is -2.48. The van der Waals surface area contributed by atoms with Crippen molar-refractivity contribution in [2.45, 2.75) is 64.3 Å². The van der Waals surface area contributed by atoms with Crippen molar-refractivity contribution in [2.75, 3.05) is 25.6 Å². The molecule has 2 N–H and O–H groups in total. The first-order valence-electron chi connectivity index (χ1n) is 12.3. The van der Waals surface area contributed by atoms with Crippen LogP contribution in [0.25, 0.3) is 0 Å². The summed E-state index contributed by atoms with van der Waals surface area (Å²) >= 11 is 0. The average Bonchev–Trinajstić information content (AvgIpc) is 3.32. The summed E-state index contributed by atoms with van der Waals surface area (Å²) in [6.45, 7) is 9.21. The number of rotatable bonds is 8. The van der Waals surface area contributed by atoms with Gasteiger partial charge >= 0.3 is 5.97 Å². The summed E-state index contributed by atoms with van der Waals surface area (Å²) in [5, 5.41) is 13.2. The van der Waals surface area contributed by atoms with Gasteiger partial charge in [-0.1, -0.05) is 20.8 Å². The molecular formula is C26H36N2O7. The number of likely N-dealkylation sites (tertiary alicyclic amines) is 1. The SMILES string of the molecule is CCOC(=O)[C@@H]1[C@H]2C(=O)N([C@@H](CO)C(C)C)C(C(=O)Nc3ccc(OC)cc3)C23CC(C)[C@@]1(C)O3. The number of fused-ring (bicyclic) bond motifs is 1. The van der Waals surface area contributed by atoms with Crippen LogP contribution in [0.3, 0.4) is 0 Å². The van der Waals surface area contributed by atoms with E-state index in [9.17, 15) is 19.5 Å². The number of methoxy groups -OCH3 is 1. The van der Waals surface area contributed by atoms with Crippen LogP contribution in [-0.2, 0) is 23.9 Å². The minimum absolute atomic E-state index is 0.0798. The van der Waals surface area contributed by atoms with Crippen molar-refractivity contribution < 1.29 is 33.7 Å². The molecule has 3 aliphatic rings. The Labute approximate surface area is 206 Å². The monoisotopic (exact) mass is 488 g/mol. The van der Waals surface area contributed by atoms with E-state index in [1.807, 2.05) is 27.7 Å². The van der Waals surface area contributed by atoms with Crippen molar-refractivity contribution in [3.05, 3.63) is 24.3 Å². The quantitative estimate of drug-likeness (QED) is 0.539. The van der Waals surface area contributed by atoms with Crippen molar-refractivity contribution in [3.63, 3.8) is 0 Å². The van der Waals surface area contributed by atoms with E-state index >= 15 is 0 Å². The van der Waals surface area contributed by atoms with Gasteiger partial charge in [-0.2, -0.15) is 0 Å². The van der Waals surface area contributed by atoms with Crippen molar-refractivity contribution in [3.8, 4) is 5.75 Å². The standard InChI is InChI=1S/C26H36N2O7/c1-7-34-24(32)20-19-23(31)28(18(13-29)14(2)3)21(26(19)12-15(4)25(20,5)35-26)22(30)27-16-8-10-17(33-6)11-9-16/h8-11,14-15,18-21,29H,7,12-13H2,1-6H3,(H,27,30)/t15?,18-,19-,20-,21?,25+,26?/m0/s1. The molecule has 1 aromatic carbocycles. The number of carbonyl (C=O) groups is 3. The predicted octanol–water partition coefficient (Wildman–Crippen LogP) is 2.22. The molecule has 0 aliphatic carbocycles. The van der Waals surface area contributed by atoms with Crippen LogP contribution in [0.4, 0.5) is 5.69 Å². The van der Waals surface area contributed by atoms with Crippen molar-refractivity contribution in [2.24, 2.45) is 23.7 Å². The van der Waals surface area contributed by atoms with Crippen molar-refractivity contribution in [1.29, 1.82) is 0 Å². The second-order valence-corrected chi connectivity index (χ2v) is 10.4. The molecule has 3 unspecified atom stereocenters. The first-order chi connectivity index (χ1) is 16.5. The van der Waals surface area contributed by atoms with Crippen molar-refractivity contribution >= 4 is 23.5 Å². The number of esters is 1. The van der Waals surface area contributed by atoms with Crippen LogP contribution in [0.1, 0.15) is 41.0 Å². The third-order valence-electron chi connectivity index (χ3n) is 8.21. The molecule has 35 heavy (non-hydrogen) atoms. The highest BCUT2D eigenvalue weighted by molar-refractivity contribution is 6.03. The lowest BCUT2D eigenvalue weighted by molar-refractivity contribution is -0.162. The normalized spacial score (nSPS) is 34.2. The number of hydrogen-bond acceptors (Lipinski definition) is 7. The lowest BCUT2D eigenvalue weighted by Gasteiger charge is -2.38. The van der Waals surface area contributed by atoms with E-state index in [4.69, 9.17) is 14.2 Å². The molecule has 9 heteroatoms. The molecular weight excluding hydrogens is 452 g/mol. The van der Waals surface area contributed by atoms with Gasteiger partial charge in [0.2, 0.25) is 11.8 Å².